The highest BCUT2D eigenvalue weighted by molar-refractivity contribution is 6.31. The van der Waals surface area contributed by atoms with Crippen molar-refractivity contribution in [3.05, 3.63) is 70.5 Å². The van der Waals surface area contributed by atoms with Crippen LogP contribution in [0, 0.1) is 5.82 Å². The Kier molecular flexibility index (Phi) is 4.81. The van der Waals surface area contributed by atoms with Crippen LogP contribution in [-0.4, -0.2) is 47.8 Å². The molecule has 0 atom stereocenters. The molecule has 0 saturated carbocycles. The van der Waals surface area contributed by atoms with Crippen LogP contribution >= 0.6 is 11.6 Å². The molecule has 1 saturated heterocycles. The lowest BCUT2D eigenvalue weighted by Gasteiger charge is -2.35. The number of halogens is 2. The normalized spacial score (nSPS) is 14.6. The van der Waals surface area contributed by atoms with Gasteiger partial charge in [-0.3, -0.25) is 9.59 Å². The molecule has 0 unspecified atom stereocenters. The summed E-state index contributed by atoms with van der Waals surface area (Å²) in [6.07, 6.45) is 0. The lowest BCUT2D eigenvalue weighted by Crippen LogP contribution is -2.50. The molecule has 0 aliphatic carbocycles. The van der Waals surface area contributed by atoms with E-state index in [0.29, 0.717) is 37.3 Å². The average Bonchev–Trinajstić information content (AvgIpc) is 2.63. The van der Waals surface area contributed by atoms with Gasteiger partial charge in [0.25, 0.3) is 11.8 Å². The second kappa shape index (κ2) is 7.01. The minimum absolute atomic E-state index is 0.0347. The van der Waals surface area contributed by atoms with Crippen LogP contribution in [0.5, 0.6) is 0 Å². The first-order valence-corrected chi connectivity index (χ1v) is 8.03. The maximum atomic E-state index is 13.2. The van der Waals surface area contributed by atoms with Crippen molar-refractivity contribution in [3.8, 4) is 0 Å². The van der Waals surface area contributed by atoms with Crippen LogP contribution in [0.25, 0.3) is 0 Å². The summed E-state index contributed by atoms with van der Waals surface area (Å²) in [7, 11) is 0. The molecule has 3 rings (SSSR count). The Labute approximate surface area is 144 Å². The second-order valence-electron chi connectivity index (χ2n) is 5.58. The highest BCUT2D eigenvalue weighted by Gasteiger charge is 2.25. The number of amides is 2. The predicted molar refractivity (Wildman–Crippen MR) is 89.7 cm³/mol. The van der Waals surface area contributed by atoms with Gasteiger partial charge in [-0.2, -0.15) is 0 Å². The summed E-state index contributed by atoms with van der Waals surface area (Å²) in [6, 6.07) is 13.0. The van der Waals surface area contributed by atoms with Gasteiger partial charge >= 0.3 is 0 Å². The van der Waals surface area contributed by atoms with Gasteiger partial charge in [0, 0.05) is 37.3 Å². The van der Waals surface area contributed by atoms with Gasteiger partial charge in [-0.05, 0) is 30.3 Å². The van der Waals surface area contributed by atoms with Gasteiger partial charge in [0.15, 0.2) is 0 Å². The predicted octanol–water partition coefficient (Wildman–Crippen LogP) is 3.08. The largest absolute Gasteiger partial charge is 0.335 e. The molecule has 24 heavy (non-hydrogen) atoms. The van der Waals surface area contributed by atoms with Crippen molar-refractivity contribution in [2.75, 3.05) is 26.2 Å². The summed E-state index contributed by atoms with van der Waals surface area (Å²) in [5.74, 6) is -0.789. The van der Waals surface area contributed by atoms with Gasteiger partial charge < -0.3 is 9.80 Å². The fourth-order valence-corrected chi connectivity index (χ4v) is 2.87. The van der Waals surface area contributed by atoms with Gasteiger partial charge in [-0.15, -0.1) is 0 Å². The van der Waals surface area contributed by atoms with Gasteiger partial charge in [-0.25, -0.2) is 4.39 Å². The SMILES string of the molecule is O=C(c1ccccc1)N1CCN(C(=O)c2ccc(F)c(Cl)c2)CC1. The number of hydrogen-bond acceptors (Lipinski definition) is 2. The maximum Gasteiger partial charge on any atom is 0.254 e. The van der Waals surface area contributed by atoms with Crippen molar-refractivity contribution in [2.24, 2.45) is 0 Å². The molecular weight excluding hydrogens is 331 g/mol. The third-order valence-electron chi connectivity index (χ3n) is 4.04. The molecule has 2 aromatic carbocycles. The molecule has 6 heteroatoms. The van der Waals surface area contributed by atoms with Crippen LogP contribution in [0.3, 0.4) is 0 Å². The number of nitrogens with zero attached hydrogens (tertiary/aromatic N) is 2. The topological polar surface area (TPSA) is 40.6 Å². The van der Waals surface area contributed by atoms with E-state index in [4.69, 9.17) is 11.6 Å². The number of benzene rings is 2. The Hall–Kier alpha value is -2.40. The van der Waals surface area contributed by atoms with Crippen molar-refractivity contribution in [1.29, 1.82) is 0 Å². The Morgan fingerprint density at radius 2 is 1.38 bits per heavy atom. The zero-order chi connectivity index (χ0) is 17.1. The lowest BCUT2D eigenvalue weighted by molar-refractivity contribution is 0.0535. The molecule has 0 aromatic heterocycles. The molecule has 0 N–H and O–H groups in total. The van der Waals surface area contributed by atoms with E-state index >= 15 is 0 Å². The van der Waals surface area contributed by atoms with E-state index in [2.05, 4.69) is 0 Å². The molecule has 2 amide bonds. The van der Waals surface area contributed by atoms with Crippen molar-refractivity contribution in [3.63, 3.8) is 0 Å². The van der Waals surface area contributed by atoms with Crippen molar-refractivity contribution in [1.82, 2.24) is 9.80 Å². The number of carbonyl (C=O) groups excluding carboxylic acids is 2. The molecule has 1 aliphatic rings. The van der Waals surface area contributed by atoms with Crippen LogP contribution in [-0.2, 0) is 0 Å². The molecular formula is C18H16ClFN2O2. The Balaban J connectivity index is 1.63. The van der Waals surface area contributed by atoms with Crippen LogP contribution in [0.4, 0.5) is 4.39 Å². The molecule has 124 valence electrons. The first kappa shape index (κ1) is 16.5. The van der Waals surface area contributed by atoms with Crippen molar-refractivity contribution >= 4 is 23.4 Å². The number of carbonyl (C=O) groups is 2. The smallest absolute Gasteiger partial charge is 0.254 e. The molecule has 2 aromatic rings. The Morgan fingerprint density at radius 1 is 0.833 bits per heavy atom. The van der Waals surface area contributed by atoms with Crippen molar-refractivity contribution < 1.29 is 14.0 Å². The maximum absolute atomic E-state index is 13.2. The molecule has 1 aliphatic heterocycles. The monoisotopic (exact) mass is 346 g/mol. The summed E-state index contributed by atoms with van der Waals surface area (Å²) in [6.45, 7) is 1.81. The summed E-state index contributed by atoms with van der Waals surface area (Å²) >= 11 is 5.73. The molecule has 4 nitrogen and oxygen atoms in total. The zero-order valence-electron chi connectivity index (χ0n) is 12.9. The highest BCUT2D eigenvalue weighted by atomic mass is 35.5. The minimum atomic E-state index is -0.550. The Morgan fingerprint density at radius 3 is 1.92 bits per heavy atom. The van der Waals surface area contributed by atoms with E-state index in [-0.39, 0.29) is 16.8 Å². The minimum Gasteiger partial charge on any atom is -0.335 e. The summed E-state index contributed by atoms with van der Waals surface area (Å²) in [5, 5.41) is -0.0706. The summed E-state index contributed by atoms with van der Waals surface area (Å²) < 4.78 is 13.2. The number of piperazine rings is 1. The van der Waals surface area contributed by atoms with Crippen LogP contribution in [0.1, 0.15) is 20.7 Å². The molecule has 1 heterocycles. The molecule has 0 radical (unpaired) electrons. The molecule has 0 bridgehead atoms. The van der Waals surface area contributed by atoms with Gasteiger partial charge in [0.2, 0.25) is 0 Å². The fourth-order valence-electron chi connectivity index (χ4n) is 2.69. The van der Waals surface area contributed by atoms with E-state index in [1.807, 2.05) is 18.2 Å². The summed E-state index contributed by atoms with van der Waals surface area (Å²) in [4.78, 5) is 28.2. The van der Waals surface area contributed by atoms with Gasteiger partial charge in [0.1, 0.15) is 5.82 Å². The molecule has 1 fully saturated rings. The van der Waals surface area contributed by atoms with Crippen LogP contribution in [0.15, 0.2) is 48.5 Å². The standard InChI is InChI=1S/C18H16ClFN2O2/c19-15-12-14(6-7-16(15)20)18(24)22-10-8-21(9-11-22)17(23)13-4-2-1-3-5-13/h1-7,12H,8-11H2. The van der Waals surface area contributed by atoms with Crippen LogP contribution in [0.2, 0.25) is 5.02 Å². The fraction of sp³-hybridized carbons (Fsp3) is 0.222. The molecule has 0 spiro atoms. The quantitative estimate of drug-likeness (QED) is 0.838. The van der Waals surface area contributed by atoms with Crippen LogP contribution < -0.4 is 0 Å². The van der Waals surface area contributed by atoms with Crippen molar-refractivity contribution in [2.45, 2.75) is 0 Å². The number of rotatable bonds is 2. The van der Waals surface area contributed by atoms with Gasteiger partial charge in [-0.1, -0.05) is 29.8 Å². The van der Waals surface area contributed by atoms with E-state index in [9.17, 15) is 14.0 Å². The van der Waals surface area contributed by atoms with E-state index in [1.54, 1.807) is 21.9 Å². The zero-order valence-corrected chi connectivity index (χ0v) is 13.7. The van der Waals surface area contributed by atoms with E-state index in [0.717, 1.165) is 0 Å². The first-order chi connectivity index (χ1) is 11.6. The van der Waals surface area contributed by atoms with Gasteiger partial charge in [0.05, 0.1) is 5.02 Å². The average molecular weight is 347 g/mol. The van der Waals surface area contributed by atoms with E-state index < -0.39 is 5.82 Å². The highest BCUT2D eigenvalue weighted by Crippen LogP contribution is 2.18. The third kappa shape index (κ3) is 3.41. The Bertz CT molecular complexity index is 759. The lowest BCUT2D eigenvalue weighted by atomic mass is 10.1. The van der Waals surface area contributed by atoms with E-state index in [1.165, 1.54) is 18.2 Å². The second-order valence-corrected chi connectivity index (χ2v) is 5.99. The third-order valence-corrected chi connectivity index (χ3v) is 4.33. The number of hydrogen-bond donors (Lipinski definition) is 0. The first-order valence-electron chi connectivity index (χ1n) is 7.65. The summed E-state index contributed by atoms with van der Waals surface area (Å²) in [5.41, 5.74) is 0.992.